The smallest absolute Gasteiger partial charge is 0.283 e. The summed E-state index contributed by atoms with van der Waals surface area (Å²) in [6.07, 6.45) is 0. The molecule has 3 aromatic carbocycles. The standard InChI is InChI=1S/C23H16F2N2O2S/c1-14-6-12-17(13-7-14)30-21-20(26-19-5-3-2-4-18(19)25)22(28)27(23(21)29)16-10-8-15(24)9-11-16/h2-13,26H,1H3. The molecular formula is C23H16F2N2O2S. The first-order valence-corrected chi connectivity index (χ1v) is 9.90. The van der Waals surface area contributed by atoms with Gasteiger partial charge in [0.1, 0.15) is 22.2 Å². The second-order valence-corrected chi connectivity index (χ2v) is 7.73. The zero-order valence-electron chi connectivity index (χ0n) is 15.9. The SMILES string of the molecule is Cc1ccc(SC2=C(Nc3ccccc3F)C(=O)N(c3ccc(F)cc3)C2=O)cc1. The van der Waals surface area contributed by atoms with Crippen LogP contribution < -0.4 is 10.2 Å². The number of nitrogens with one attached hydrogen (secondary N) is 1. The summed E-state index contributed by atoms with van der Waals surface area (Å²) < 4.78 is 27.5. The van der Waals surface area contributed by atoms with Gasteiger partial charge in [0.05, 0.1) is 11.4 Å². The number of amides is 2. The van der Waals surface area contributed by atoms with E-state index in [2.05, 4.69) is 5.32 Å². The molecule has 0 aromatic heterocycles. The Morgan fingerprint density at radius 2 is 1.50 bits per heavy atom. The van der Waals surface area contributed by atoms with Crippen molar-refractivity contribution in [2.24, 2.45) is 0 Å². The zero-order chi connectivity index (χ0) is 21.3. The number of nitrogens with zero attached hydrogens (tertiary/aromatic N) is 1. The van der Waals surface area contributed by atoms with Crippen molar-refractivity contribution in [3.8, 4) is 0 Å². The van der Waals surface area contributed by atoms with E-state index in [1.165, 1.54) is 42.5 Å². The van der Waals surface area contributed by atoms with Gasteiger partial charge in [0, 0.05) is 4.90 Å². The highest BCUT2D eigenvalue weighted by molar-refractivity contribution is 8.04. The molecule has 0 unspecified atom stereocenters. The van der Waals surface area contributed by atoms with Crippen molar-refractivity contribution in [1.82, 2.24) is 0 Å². The Labute approximate surface area is 176 Å². The van der Waals surface area contributed by atoms with E-state index in [4.69, 9.17) is 0 Å². The number of para-hydroxylation sites is 1. The van der Waals surface area contributed by atoms with Crippen LogP contribution in [-0.2, 0) is 9.59 Å². The monoisotopic (exact) mass is 422 g/mol. The molecule has 4 nitrogen and oxygen atoms in total. The number of rotatable bonds is 5. The summed E-state index contributed by atoms with van der Waals surface area (Å²) in [5.74, 6) is -2.23. The van der Waals surface area contributed by atoms with E-state index in [1.54, 1.807) is 6.07 Å². The van der Waals surface area contributed by atoms with E-state index in [0.717, 1.165) is 27.1 Å². The molecule has 0 aliphatic carbocycles. The molecule has 4 rings (SSSR count). The van der Waals surface area contributed by atoms with Crippen LogP contribution in [0.15, 0.2) is 88.3 Å². The number of hydrogen-bond donors (Lipinski definition) is 1. The number of halogens is 2. The Bertz CT molecular complexity index is 1160. The van der Waals surface area contributed by atoms with E-state index in [0.29, 0.717) is 0 Å². The lowest BCUT2D eigenvalue weighted by Crippen LogP contribution is -2.32. The van der Waals surface area contributed by atoms with E-state index < -0.39 is 23.4 Å². The van der Waals surface area contributed by atoms with E-state index in [-0.39, 0.29) is 22.0 Å². The van der Waals surface area contributed by atoms with Gasteiger partial charge in [0.25, 0.3) is 11.8 Å². The minimum absolute atomic E-state index is 0.0278. The van der Waals surface area contributed by atoms with Crippen LogP contribution in [-0.4, -0.2) is 11.8 Å². The Kier molecular flexibility index (Phi) is 5.37. The molecule has 0 fully saturated rings. The summed E-state index contributed by atoms with van der Waals surface area (Å²) in [6, 6.07) is 18.4. The van der Waals surface area contributed by atoms with Gasteiger partial charge < -0.3 is 5.32 Å². The minimum Gasteiger partial charge on any atom is -0.348 e. The lowest BCUT2D eigenvalue weighted by atomic mass is 10.2. The predicted molar refractivity (Wildman–Crippen MR) is 113 cm³/mol. The van der Waals surface area contributed by atoms with E-state index >= 15 is 0 Å². The largest absolute Gasteiger partial charge is 0.348 e. The van der Waals surface area contributed by atoms with Gasteiger partial charge in [-0.2, -0.15) is 0 Å². The fourth-order valence-electron chi connectivity index (χ4n) is 2.96. The summed E-state index contributed by atoms with van der Waals surface area (Å²) in [5.41, 5.74) is 1.34. The molecule has 1 aliphatic heterocycles. The van der Waals surface area contributed by atoms with Gasteiger partial charge in [0.2, 0.25) is 0 Å². The van der Waals surface area contributed by atoms with Gasteiger partial charge in [-0.25, -0.2) is 13.7 Å². The van der Waals surface area contributed by atoms with Crippen LogP contribution in [0, 0.1) is 18.6 Å². The van der Waals surface area contributed by atoms with Crippen LogP contribution in [0.25, 0.3) is 0 Å². The molecule has 3 aromatic rings. The molecule has 150 valence electrons. The summed E-state index contributed by atoms with van der Waals surface area (Å²) in [6.45, 7) is 1.94. The van der Waals surface area contributed by atoms with E-state index in [1.807, 2.05) is 31.2 Å². The molecular weight excluding hydrogens is 406 g/mol. The molecule has 7 heteroatoms. The van der Waals surface area contributed by atoms with Crippen molar-refractivity contribution < 1.29 is 18.4 Å². The van der Waals surface area contributed by atoms with Crippen molar-refractivity contribution in [1.29, 1.82) is 0 Å². The molecule has 0 saturated heterocycles. The molecule has 0 bridgehead atoms. The third-order valence-electron chi connectivity index (χ3n) is 4.50. The predicted octanol–water partition coefficient (Wildman–Crippen LogP) is 5.26. The number of imide groups is 1. The molecule has 2 amide bonds. The van der Waals surface area contributed by atoms with Crippen LogP contribution in [0.3, 0.4) is 0 Å². The Morgan fingerprint density at radius 1 is 0.833 bits per heavy atom. The Balaban J connectivity index is 1.75. The maximum Gasteiger partial charge on any atom is 0.283 e. The molecule has 0 spiro atoms. The summed E-state index contributed by atoms with van der Waals surface area (Å²) >= 11 is 1.12. The number of benzene rings is 3. The third kappa shape index (κ3) is 3.84. The second-order valence-electron chi connectivity index (χ2n) is 6.65. The van der Waals surface area contributed by atoms with Gasteiger partial charge >= 0.3 is 0 Å². The molecule has 0 saturated carbocycles. The number of thioether (sulfide) groups is 1. The van der Waals surface area contributed by atoms with Crippen LogP contribution in [0.2, 0.25) is 0 Å². The maximum atomic E-state index is 14.2. The maximum absolute atomic E-state index is 14.2. The fourth-order valence-corrected chi connectivity index (χ4v) is 3.89. The normalized spacial score (nSPS) is 13.9. The first-order valence-electron chi connectivity index (χ1n) is 9.09. The molecule has 30 heavy (non-hydrogen) atoms. The van der Waals surface area contributed by atoms with Crippen LogP contribution >= 0.6 is 11.8 Å². The van der Waals surface area contributed by atoms with Crippen molar-refractivity contribution in [2.45, 2.75) is 11.8 Å². The van der Waals surface area contributed by atoms with Gasteiger partial charge in [-0.05, 0) is 55.5 Å². The number of hydrogen-bond acceptors (Lipinski definition) is 4. The highest BCUT2D eigenvalue weighted by atomic mass is 32.2. The van der Waals surface area contributed by atoms with Gasteiger partial charge in [0.15, 0.2) is 0 Å². The summed E-state index contributed by atoms with van der Waals surface area (Å²) in [7, 11) is 0. The van der Waals surface area contributed by atoms with E-state index in [9.17, 15) is 18.4 Å². The van der Waals surface area contributed by atoms with Crippen molar-refractivity contribution in [2.75, 3.05) is 10.2 Å². The third-order valence-corrected chi connectivity index (χ3v) is 5.59. The first kappa shape index (κ1) is 19.8. The van der Waals surface area contributed by atoms with Gasteiger partial charge in [-0.15, -0.1) is 0 Å². The summed E-state index contributed by atoms with van der Waals surface area (Å²) in [5, 5.41) is 2.78. The first-order chi connectivity index (χ1) is 14.4. The van der Waals surface area contributed by atoms with Crippen molar-refractivity contribution in [3.63, 3.8) is 0 Å². The lowest BCUT2D eigenvalue weighted by Gasteiger charge is -2.15. The summed E-state index contributed by atoms with van der Waals surface area (Å²) in [4.78, 5) is 28.1. The molecule has 0 radical (unpaired) electrons. The van der Waals surface area contributed by atoms with Crippen molar-refractivity contribution >= 4 is 35.0 Å². The molecule has 1 N–H and O–H groups in total. The lowest BCUT2D eigenvalue weighted by molar-refractivity contribution is -0.120. The Hall–Kier alpha value is -3.45. The number of carbonyl (C=O) groups is 2. The average molecular weight is 422 g/mol. The minimum atomic E-state index is -0.635. The topological polar surface area (TPSA) is 49.4 Å². The number of aryl methyl sites for hydroxylation is 1. The van der Waals surface area contributed by atoms with Crippen LogP contribution in [0.5, 0.6) is 0 Å². The highest BCUT2D eigenvalue weighted by Gasteiger charge is 2.40. The average Bonchev–Trinajstić information content (AvgIpc) is 2.96. The quantitative estimate of drug-likeness (QED) is 0.570. The highest BCUT2D eigenvalue weighted by Crippen LogP contribution is 2.38. The number of anilines is 2. The molecule has 0 atom stereocenters. The van der Waals surface area contributed by atoms with Crippen LogP contribution in [0.4, 0.5) is 20.2 Å². The fraction of sp³-hybridized carbons (Fsp3) is 0.0435. The Morgan fingerprint density at radius 3 is 2.17 bits per heavy atom. The van der Waals surface area contributed by atoms with Crippen LogP contribution in [0.1, 0.15) is 5.56 Å². The zero-order valence-corrected chi connectivity index (χ0v) is 16.7. The molecule has 1 aliphatic rings. The molecule has 1 heterocycles. The van der Waals surface area contributed by atoms with Gasteiger partial charge in [-0.3, -0.25) is 9.59 Å². The number of carbonyl (C=O) groups excluding carboxylic acids is 2. The van der Waals surface area contributed by atoms with Crippen molar-refractivity contribution in [3.05, 3.63) is 101 Å². The second kappa shape index (κ2) is 8.12. The van der Waals surface area contributed by atoms with Gasteiger partial charge in [-0.1, -0.05) is 41.6 Å².